The first kappa shape index (κ1) is 19.8. The van der Waals surface area contributed by atoms with Crippen LogP contribution in [-0.4, -0.2) is 50.8 Å². The lowest BCUT2D eigenvalue weighted by Gasteiger charge is -2.34. The number of hydrogen-bond acceptors (Lipinski definition) is 5. The molecule has 0 spiro atoms. The van der Waals surface area contributed by atoms with Crippen molar-refractivity contribution in [3.8, 4) is 0 Å². The van der Waals surface area contributed by atoms with E-state index < -0.39 is 5.41 Å². The van der Waals surface area contributed by atoms with Gasteiger partial charge >= 0.3 is 0 Å². The number of hydrogen-bond donors (Lipinski definition) is 3. The SMILES string of the molecule is NCC1(C(=O)NCc2cccc(C(=O)NCC3CCCO3)c2)CCOCC1. The molecule has 148 valence electrons. The van der Waals surface area contributed by atoms with E-state index in [9.17, 15) is 9.59 Å². The molecule has 2 heterocycles. The molecule has 7 heteroatoms. The van der Waals surface area contributed by atoms with Gasteiger partial charge in [-0.1, -0.05) is 12.1 Å². The van der Waals surface area contributed by atoms with Crippen LogP contribution < -0.4 is 16.4 Å². The minimum atomic E-state index is -0.547. The Bertz CT molecular complexity index is 652. The maximum absolute atomic E-state index is 12.7. The second-order valence-corrected chi connectivity index (χ2v) is 7.32. The summed E-state index contributed by atoms with van der Waals surface area (Å²) in [5, 5.41) is 5.90. The molecule has 2 aliphatic rings. The van der Waals surface area contributed by atoms with E-state index >= 15 is 0 Å². The molecule has 0 bridgehead atoms. The van der Waals surface area contributed by atoms with Crippen molar-refractivity contribution in [1.82, 2.24) is 10.6 Å². The molecule has 1 unspecified atom stereocenters. The molecule has 0 aromatic heterocycles. The Balaban J connectivity index is 1.53. The summed E-state index contributed by atoms with van der Waals surface area (Å²) in [5.74, 6) is -0.164. The first-order valence-electron chi connectivity index (χ1n) is 9.68. The third-order valence-electron chi connectivity index (χ3n) is 5.48. The summed E-state index contributed by atoms with van der Waals surface area (Å²) < 4.78 is 10.9. The number of benzene rings is 1. The summed E-state index contributed by atoms with van der Waals surface area (Å²) in [6, 6.07) is 7.31. The normalized spacial score (nSPS) is 21.6. The van der Waals surface area contributed by atoms with Crippen molar-refractivity contribution in [3.05, 3.63) is 35.4 Å². The molecule has 4 N–H and O–H groups in total. The average Bonchev–Trinajstić information content (AvgIpc) is 3.24. The van der Waals surface area contributed by atoms with Crippen molar-refractivity contribution in [2.24, 2.45) is 11.1 Å². The molecular weight excluding hydrogens is 346 g/mol. The van der Waals surface area contributed by atoms with Gasteiger partial charge in [0, 0.05) is 45.0 Å². The largest absolute Gasteiger partial charge is 0.381 e. The van der Waals surface area contributed by atoms with Crippen molar-refractivity contribution in [1.29, 1.82) is 0 Å². The maximum atomic E-state index is 12.7. The van der Waals surface area contributed by atoms with E-state index in [1.807, 2.05) is 18.2 Å². The Labute approximate surface area is 160 Å². The number of carbonyl (C=O) groups excluding carboxylic acids is 2. The zero-order valence-corrected chi connectivity index (χ0v) is 15.7. The first-order valence-corrected chi connectivity index (χ1v) is 9.68. The highest BCUT2D eigenvalue weighted by Gasteiger charge is 2.38. The van der Waals surface area contributed by atoms with E-state index in [0.29, 0.717) is 51.3 Å². The minimum absolute atomic E-state index is 0.0402. The van der Waals surface area contributed by atoms with Crippen LogP contribution in [0, 0.1) is 5.41 Å². The number of carbonyl (C=O) groups is 2. The summed E-state index contributed by atoms with van der Waals surface area (Å²) in [6.45, 7) is 3.10. The minimum Gasteiger partial charge on any atom is -0.381 e. The summed E-state index contributed by atoms with van der Waals surface area (Å²) in [5.41, 5.74) is 6.79. The standard InChI is InChI=1S/C20H29N3O4/c21-14-20(6-9-26-10-7-20)19(25)23-12-15-3-1-4-16(11-15)18(24)22-13-17-5-2-8-27-17/h1,3-4,11,17H,2,5-10,12-14,21H2,(H,22,24)(H,23,25). The number of rotatable bonds is 7. The fourth-order valence-corrected chi connectivity index (χ4v) is 3.59. The van der Waals surface area contributed by atoms with Crippen LogP contribution in [0.4, 0.5) is 0 Å². The van der Waals surface area contributed by atoms with Gasteiger partial charge in [0.25, 0.3) is 5.91 Å². The van der Waals surface area contributed by atoms with Gasteiger partial charge in [-0.15, -0.1) is 0 Å². The molecule has 7 nitrogen and oxygen atoms in total. The Hall–Kier alpha value is -1.96. The van der Waals surface area contributed by atoms with Crippen molar-refractivity contribution >= 4 is 11.8 Å². The zero-order valence-electron chi connectivity index (χ0n) is 15.7. The van der Waals surface area contributed by atoms with Crippen molar-refractivity contribution in [2.45, 2.75) is 38.3 Å². The molecule has 2 fully saturated rings. The Morgan fingerprint density at radius 3 is 2.70 bits per heavy atom. The van der Waals surface area contributed by atoms with Crippen LogP contribution in [0.25, 0.3) is 0 Å². The van der Waals surface area contributed by atoms with E-state index in [4.69, 9.17) is 15.2 Å². The molecule has 1 aromatic rings. The third kappa shape index (κ3) is 5.06. The van der Waals surface area contributed by atoms with E-state index in [1.165, 1.54) is 0 Å². The highest BCUT2D eigenvalue weighted by atomic mass is 16.5. The van der Waals surface area contributed by atoms with Crippen molar-refractivity contribution in [3.63, 3.8) is 0 Å². The van der Waals surface area contributed by atoms with Crippen LogP contribution in [0.3, 0.4) is 0 Å². The van der Waals surface area contributed by atoms with Crippen LogP contribution in [0.5, 0.6) is 0 Å². The third-order valence-corrected chi connectivity index (χ3v) is 5.48. The Morgan fingerprint density at radius 1 is 1.19 bits per heavy atom. The lowest BCUT2D eigenvalue weighted by molar-refractivity contribution is -0.136. The van der Waals surface area contributed by atoms with Crippen molar-refractivity contribution < 1.29 is 19.1 Å². The molecule has 27 heavy (non-hydrogen) atoms. The van der Waals surface area contributed by atoms with Gasteiger partial charge in [0.2, 0.25) is 5.91 Å². The molecule has 3 rings (SSSR count). The van der Waals surface area contributed by atoms with Crippen LogP contribution >= 0.6 is 0 Å². The lowest BCUT2D eigenvalue weighted by Crippen LogP contribution is -2.48. The summed E-state index contributed by atoms with van der Waals surface area (Å²) in [7, 11) is 0. The molecule has 0 radical (unpaired) electrons. The number of amides is 2. The smallest absolute Gasteiger partial charge is 0.251 e. The van der Waals surface area contributed by atoms with Gasteiger partial charge in [0.1, 0.15) is 0 Å². The topological polar surface area (TPSA) is 103 Å². The van der Waals surface area contributed by atoms with Gasteiger partial charge in [0.05, 0.1) is 11.5 Å². The van der Waals surface area contributed by atoms with Gasteiger partial charge in [-0.2, -0.15) is 0 Å². The maximum Gasteiger partial charge on any atom is 0.251 e. The molecule has 2 amide bonds. The van der Waals surface area contributed by atoms with E-state index in [1.54, 1.807) is 6.07 Å². The molecular formula is C20H29N3O4. The van der Waals surface area contributed by atoms with Gasteiger partial charge in [0.15, 0.2) is 0 Å². The van der Waals surface area contributed by atoms with Crippen LogP contribution in [0.15, 0.2) is 24.3 Å². The van der Waals surface area contributed by atoms with Gasteiger partial charge < -0.3 is 25.8 Å². The second kappa shape index (κ2) is 9.30. The quantitative estimate of drug-likeness (QED) is 0.659. The lowest BCUT2D eigenvalue weighted by atomic mass is 9.79. The predicted octanol–water partition coefficient (Wildman–Crippen LogP) is 0.967. The molecule has 2 aliphatic heterocycles. The fraction of sp³-hybridized carbons (Fsp3) is 0.600. The second-order valence-electron chi connectivity index (χ2n) is 7.32. The number of nitrogens with one attached hydrogen (secondary N) is 2. The van der Waals surface area contributed by atoms with Gasteiger partial charge in [-0.05, 0) is 43.4 Å². The van der Waals surface area contributed by atoms with Crippen LogP contribution in [0.2, 0.25) is 0 Å². The van der Waals surface area contributed by atoms with Gasteiger partial charge in [-0.3, -0.25) is 9.59 Å². The Morgan fingerprint density at radius 2 is 2.00 bits per heavy atom. The average molecular weight is 375 g/mol. The monoisotopic (exact) mass is 375 g/mol. The van der Waals surface area contributed by atoms with E-state index in [2.05, 4.69) is 10.6 Å². The van der Waals surface area contributed by atoms with E-state index in [0.717, 1.165) is 25.0 Å². The number of nitrogens with two attached hydrogens (primary N) is 1. The van der Waals surface area contributed by atoms with Crippen LogP contribution in [0.1, 0.15) is 41.6 Å². The van der Waals surface area contributed by atoms with Crippen molar-refractivity contribution in [2.75, 3.05) is 32.9 Å². The fourth-order valence-electron chi connectivity index (χ4n) is 3.59. The molecule has 1 aromatic carbocycles. The molecule has 0 aliphatic carbocycles. The summed E-state index contributed by atoms with van der Waals surface area (Å²) in [6.07, 6.45) is 3.43. The van der Waals surface area contributed by atoms with Gasteiger partial charge in [-0.25, -0.2) is 0 Å². The molecule has 0 saturated carbocycles. The highest BCUT2D eigenvalue weighted by Crippen LogP contribution is 2.29. The highest BCUT2D eigenvalue weighted by molar-refractivity contribution is 5.94. The summed E-state index contributed by atoms with van der Waals surface area (Å²) in [4.78, 5) is 25.0. The zero-order chi connectivity index (χ0) is 19.1. The molecule has 1 atom stereocenters. The Kier molecular flexibility index (Phi) is 6.82. The van der Waals surface area contributed by atoms with Crippen LogP contribution in [-0.2, 0) is 20.8 Å². The van der Waals surface area contributed by atoms with E-state index in [-0.39, 0.29) is 17.9 Å². The number of ether oxygens (including phenoxy) is 2. The summed E-state index contributed by atoms with van der Waals surface area (Å²) >= 11 is 0. The first-order chi connectivity index (χ1) is 13.1. The molecule has 2 saturated heterocycles. The predicted molar refractivity (Wildman–Crippen MR) is 101 cm³/mol.